The lowest BCUT2D eigenvalue weighted by molar-refractivity contribution is -0.161. The summed E-state index contributed by atoms with van der Waals surface area (Å²) in [7, 11) is 6.34. The number of likely N-dealkylation sites (N-methyl/N-ethyl adjacent to an activating group) is 3. The molecule has 2 N–H and O–H groups in total. The van der Waals surface area contributed by atoms with E-state index in [1.807, 2.05) is 0 Å². The monoisotopic (exact) mass is 577 g/mol. The van der Waals surface area contributed by atoms with E-state index in [9.17, 15) is 24.0 Å². The van der Waals surface area contributed by atoms with Crippen molar-refractivity contribution in [3.8, 4) is 0 Å². The molecule has 3 aliphatic rings. The Morgan fingerprint density at radius 3 is 2.00 bits per heavy atom. The van der Waals surface area contributed by atoms with Gasteiger partial charge in [-0.1, -0.05) is 25.7 Å². The number of hydrogen-bond donors (Lipinski definition) is 2. The van der Waals surface area contributed by atoms with Gasteiger partial charge < -0.3 is 30.1 Å². The van der Waals surface area contributed by atoms with Crippen molar-refractivity contribution in [2.45, 2.75) is 121 Å². The Balaban J connectivity index is 1.88. The lowest BCUT2D eigenvalue weighted by atomic mass is 9.90. The maximum absolute atomic E-state index is 14.3. The highest BCUT2D eigenvalue weighted by molar-refractivity contribution is 5.97. The van der Waals surface area contributed by atoms with Crippen LogP contribution in [-0.2, 0) is 28.7 Å². The molecule has 2 aliphatic carbocycles. The van der Waals surface area contributed by atoms with Crippen molar-refractivity contribution in [2.75, 3.05) is 34.7 Å². The third-order valence-electron chi connectivity index (χ3n) is 8.76. The molecule has 0 bridgehead atoms. The average Bonchev–Trinajstić information content (AvgIpc) is 3.68. The first-order valence-corrected chi connectivity index (χ1v) is 15.2. The van der Waals surface area contributed by atoms with Gasteiger partial charge in [-0.3, -0.25) is 24.0 Å². The summed E-state index contributed by atoms with van der Waals surface area (Å²) in [5, 5.41) is 6.30. The molecule has 3 rings (SSSR count). The van der Waals surface area contributed by atoms with Gasteiger partial charge in [-0.15, -0.1) is 0 Å². The summed E-state index contributed by atoms with van der Waals surface area (Å²) in [5.74, 6) is -1.86. The van der Waals surface area contributed by atoms with Crippen LogP contribution in [-0.4, -0.2) is 108 Å². The van der Waals surface area contributed by atoms with Gasteiger partial charge in [0.2, 0.25) is 23.6 Å². The number of rotatable bonds is 10. The van der Waals surface area contributed by atoms with Crippen LogP contribution >= 0.6 is 0 Å². The standard InChI is InChI=1S/C30H51N5O6/c1-29(2,3)41-23(36)19-22(26(38)33(4)5)34(6)27(39)24(20-13-8-9-14-20)35(7)28(40)30(16-10-11-17-30)32-25(37)21-15-12-18-31-21/h20-22,24,31H,8-19H2,1-7H3,(H,32,37)/t21-,22?,24-/m0/s1. The number of carbonyl (C=O) groups is 5. The highest BCUT2D eigenvalue weighted by atomic mass is 16.6. The van der Waals surface area contributed by atoms with Gasteiger partial charge in [-0.25, -0.2) is 0 Å². The minimum absolute atomic E-state index is 0.0822. The quantitative estimate of drug-likeness (QED) is 0.379. The van der Waals surface area contributed by atoms with Gasteiger partial charge in [-0.05, 0) is 71.8 Å². The predicted molar refractivity (Wildman–Crippen MR) is 155 cm³/mol. The molecule has 1 aliphatic heterocycles. The van der Waals surface area contributed by atoms with E-state index in [4.69, 9.17) is 4.74 Å². The van der Waals surface area contributed by atoms with Crippen molar-refractivity contribution in [3.05, 3.63) is 0 Å². The summed E-state index contributed by atoms with van der Waals surface area (Å²) < 4.78 is 5.48. The molecule has 1 unspecified atom stereocenters. The number of hydrogen-bond acceptors (Lipinski definition) is 7. The van der Waals surface area contributed by atoms with E-state index in [0.717, 1.165) is 57.9 Å². The SMILES string of the molecule is CN(C)C(=O)C(CC(=O)OC(C)(C)C)N(C)C(=O)[C@H](C1CCCC1)N(C)C(=O)C1(NC(=O)[C@@H]2CCCN2)CCCC1. The topological polar surface area (TPSA) is 128 Å². The summed E-state index contributed by atoms with van der Waals surface area (Å²) in [4.78, 5) is 71.9. The van der Waals surface area contributed by atoms with E-state index in [1.165, 1.54) is 21.7 Å². The van der Waals surface area contributed by atoms with Gasteiger partial charge in [0.1, 0.15) is 23.2 Å². The molecule has 0 spiro atoms. The van der Waals surface area contributed by atoms with E-state index in [2.05, 4.69) is 10.6 Å². The zero-order valence-electron chi connectivity index (χ0n) is 26.1. The Morgan fingerprint density at radius 1 is 0.878 bits per heavy atom. The minimum atomic E-state index is -1.08. The van der Waals surface area contributed by atoms with Crippen LogP contribution in [0.15, 0.2) is 0 Å². The van der Waals surface area contributed by atoms with Crippen LogP contribution in [0.1, 0.15) is 91.4 Å². The summed E-state index contributed by atoms with van der Waals surface area (Å²) in [5.41, 5.74) is -1.79. The molecular formula is C30H51N5O6. The summed E-state index contributed by atoms with van der Waals surface area (Å²) in [6.45, 7) is 6.03. The fourth-order valence-electron chi connectivity index (χ4n) is 6.61. The molecule has 0 aromatic carbocycles. The Bertz CT molecular complexity index is 974. The van der Waals surface area contributed by atoms with E-state index >= 15 is 0 Å². The van der Waals surface area contributed by atoms with E-state index in [0.29, 0.717) is 12.8 Å². The van der Waals surface area contributed by atoms with E-state index < -0.39 is 35.1 Å². The maximum atomic E-state index is 14.3. The molecule has 4 amide bonds. The maximum Gasteiger partial charge on any atom is 0.308 e. The second kappa shape index (κ2) is 13.5. The van der Waals surface area contributed by atoms with E-state index in [-0.39, 0.29) is 36.1 Å². The number of amides is 4. The number of esters is 1. The normalized spacial score (nSPS) is 22.1. The largest absolute Gasteiger partial charge is 0.460 e. The van der Waals surface area contributed by atoms with Crippen LogP contribution in [0, 0.1) is 5.92 Å². The van der Waals surface area contributed by atoms with Crippen LogP contribution in [0.5, 0.6) is 0 Å². The lowest BCUT2D eigenvalue weighted by Crippen LogP contribution is -2.64. The Labute approximate surface area is 245 Å². The molecule has 3 atom stereocenters. The first-order chi connectivity index (χ1) is 19.2. The zero-order valence-corrected chi connectivity index (χ0v) is 26.1. The minimum Gasteiger partial charge on any atom is -0.460 e. The molecule has 0 aromatic rings. The Kier molecular flexibility index (Phi) is 10.8. The van der Waals surface area contributed by atoms with Crippen molar-refractivity contribution >= 4 is 29.6 Å². The van der Waals surface area contributed by atoms with Crippen LogP contribution in [0.2, 0.25) is 0 Å². The Morgan fingerprint density at radius 2 is 1.49 bits per heavy atom. The number of ether oxygens (including phenoxy) is 1. The number of nitrogens with zero attached hydrogens (tertiary/aromatic N) is 3. The van der Waals surface area contributed by atoms with Gasteiger partial charge >= 0.3 is 5.97 Å². The van der Waals surface area contributed by atoms with Gasteiger partial charge in [0.05, 0.1) is 12.5 Å². The lowest BCUT2D eigenvalue weighted by Gasteiger charge is -2.41. The van der Waals surface area contributed by atoms with Crippen molar-refractivity contribution in [1.29, 1.82) is 0 Å². The molecule has 0 radical (unpaired) electrons. The first-order valence-electron chi connectivity index (χ1n) is 15.2. The molecule has 232 valence electrons. The van der Waals surface area contributed by atoms with Gasteiger partial charge in [0, 0.05) is 28.2 Å². The van der Waals surface area contributed by atoms with Crippen LogP contribution in [0.4, 0.5) is 0 Å². The highest BCUT2D eigenvalue weighted by Gasteiger charge is 2.49. The second-order valence-corrected chi connectivity index (χ2v) is 13.3. The molecule has 11 nitrogen and oxygen atoms in total. The molecule has 3 fully saturated rings. The third-order valence-corrected chi connectivity index (χ3v) is 8.76. The second-order valence-electron chi connectivity index (χ2n) is 13.3. The molecule has 0 aromatic heterocycles. The van der Waals surface area contributed by atoms with Crippen LogP contribution < -0.4 is 10.6 Å². The van der Waals surface area contributed by atoms with Crippen molar-refractivity contribution in [1.82, 2.24) is 25.3 Å². The van der Waals surface area contributed by atoms with Crippen molar-refractivity contribution < 1.29 is 28.7 Å². The predicted octanol–water partition coefficient (Wildman–Crippen LogP) is 1.83. The summed E-state index contributed by atoms with van der Waals surface area (Å²) in [6.07, 6.45) is 7.51. The average molecular weight is 578 g/mol. The van der Waals surface area contributed by atoms with Gasteiger partial charge in [0.25, 0.3) is 0 Å². The molecule has 41 heavy (non-hydrogen) atoms. The zero-order chi connectivity index (χ0) is 30.5. The smallest absolute Gasteiger partial charge is 0.308 e. The molecule has 2 saturated carbocycles. The van der Waals surface area contributed by atoms with Gasteiger partial charge in [0.15, 0.2) is 0 Å². The molecule has 1 heterocycles. The summed E-state index contributed by atoms with van der Waals surface area (Å²) >= 11 is 0. The van der Waals surface area contributed by atoms with Crippen LogP contribution in [0.3, 0.4) is 0 Å². The summed E-state index contributed by atoms with van der Waals surface area (Å²) in [6, 6.07) is -2.20. The van der Waals surface area contributed by atoms with Crippen molar-refractivity contribution in [2.24, 2.45) is 5.92 Å². The number of carbonyl (C=O) groups excluding carboxylic acids is 5. The fourth-order valence-corrected chi connectivity index (χ4v) is 6.61. The number of nitrogens with one attached hydrogen (secondary N) is 2. The first kappa shape index (κ1) is 32.8. The van der Waals surface area contributed by atoms with Gasteiger partial charge in [-0.2, -0.15) is 0 Å². The van der Waals surface area contributed by atoms with Crippen molar-refractivity contribution in [3.63, 3.8) is 0 Å². The molecule has 1 saturated heterocycles. The van der Waals surface area contributed by atoms with Crippen LogP contribution in [0.25, 0.3) is 0 Å². The fraction of sp³-hybridized carbons (Fsp3) is 0.833. The third kappa shape index (κ3) is 7.99. The molecule has 11 heteroatoms. The van der Waals surface area contributed by atoms with E-state index in [1.54, 1.807) is 41.9 Å². The molecular weight excluding hydrogens is 526 g/mol. The Hall–Kier alpha value is -2.69. The highest BCUT2D eigenvalue weighted by Crippen LogP contribution is 2.36.